The van der Waals surface area contributed by atoms with Crippen LogP contribution in [0.2, 0.25) is 5.02 Å². The molecule has 0 saturated carbocycles. The molecule has 3 aromatic rings. The largest absolute Gasteiger partial charge is 0.465 e. The number of halogens is 3. The highest BCUT2D eigenvalue weighted by Crippen LogP contribution is 2.32. The second kappa shape index (κ2) is 7.75. The number of aromatic nitrogens is 3. The number of fused-ring (bicyclic) bond motifs is 1. The topological polar surface area (TPSA) is 91.2 Å². The predicted molar refractivity (Wildman–Crippen MR) is 104 cm³/mol. The molecule has 1 aliphatic heterocycles. The van der Waals surface area contributed by atoms with Crippen molar-refractivity contribution in [2.75, 3.05) is 18.4 Å². The Kier molecular flexibility index (Phi) is 5.14. The molecule has 3 heterocycles. The van der Waals surface area contributed by atoms with Crippen LogP contribution in [0.3, 0.4) is 0 Å². The first-order valence-electron chi connectivity index (χ1n) is 8.86. The van der Waals surface area contributed by atoms with Crippen molar-refractivity contribution < 1.29 is 18.7 Å². The summed E-state index contributed by atoms with van der Waals surface area (Å²) in [6.45, 7) is -0.0315. The molecule has 2 atom stereocenters. The monoisotopic (exact) mass is 419 g/mol. The number of rotatable bonds is 3. The quantitative estimate of drug-likeness (QED) is 0.667. The molecule has 7 nitrogen and oxygen atoms in total. The fraction of sp³-hybridized carbons (Fsp3) is 0.263. The van der Waals surface area contributed by atoms with Gasteiger partial charge in [-0.15, -0.1) is 10.2 Å². The maximum absolute atomic E-state index is 14.4. The molecule has 1 aliphatic rings. The first-order chi connectivity index (χ1) is 13.9. The summed E-state index contributed by atoms with van der Waals surface area (Å²) < 4.78 is 28.4. The molecule has 4 rings (SSSR count). The summed E-state index contributed by atoms with van der Waals surface area (Å²) in [7, 11) is 0. The summed E-state index contributed by atoms with van der Waals surface area (Å²) in [5.41, 5.74) is 0.525. The minimum atomic E-state index is -1.28. The van der Waals surface area contributed by atoms with E-state index in [2.05, 4.69) is 20.5 Å². The Morgan fingerprint density at radius 1 is 1.24 bits per heavy atom. The van der Waals surface area contributed by atoms with E-state index in [9.17, 15) is 13.6 Å². The Balaban J connectivity index is 1.71. The molecule has 29 heavy (non-hydrogen) atoms. The highest BCUT2D eigenvalue weighted by molar-refractivity contribution is 6.30. The van der Waals surface area contributed by atoms with Gasteiger partial charge in [0, 0.05) is 52.8 Å². The van der Waals surface area contributed by atoms with E-state index in [-0.39, 0.29) is 30.1 Å². The lowest BCUT2D eigenvalue weighted by atomic mass is 10.0. The molecule has 1 aromatic carbocycles. The molecule has 150 valence electrons. The van der Waals surface area contributed by atoms with Gasteiger partial charge in [-0.05, 0) is 24.3 Å². The zero-order valence-corrected chi connectivity index (χ0v) is 15.8. The molecule has 0 aliphatic carbocycles. The third-order valence-corrected chi connectivity index (χ3v) is 5.01. The van der Waals surface area contributed by atoms with Crippen molar-refractivity contribution in [1.82, 2.24) is 20.1 Å². The van der Waals surface area contributed by atoms with Gasteiger partial charge in [0.1, 0.15) is 17.7 Å². The summed E-state index contributed by atoms with van der Waals surface area (Å²) >= 11 is 5.83. The van der Waals surface area contributed by atoms with Crippen molar-refractivity contribution in [2.45, 2.75) is 18.6 Å². The fourth-order valence-electron chi connectivity index (χ4n) is 3.48. The summed E-state index contributed by atoms with van der Waals surface area (Å²) in [5.74, 6) is -0.188. The first kappa shape index (κ1) is 19.3. The average molecular weight is 420 g/mol. The van der Waals surface area contributed by atoms with E-state index < -0.39 is 24.1 Å². The lowest BCUT2D eigenvalue weighted by molar-refractivity contribution is 0.102. The fourth-order valence-corrected chi connectivity index (χ4v) is 3.63. The van der Waals surface area contributed by atoms with Gasteiger partial charge in [-0.3, -0.25) is 4.98 Å². The van der Waals surface area contributed by atoms with Gasteiger partial charge in [-0.1, -0.05) is 11.6 Å². The number of amides is 1. The zero-order valence-electron chi connectivity index (χ0n) is 15.0. The number of nitrogens with zero attached hydrogens (tertiary/aromatic N) is 4. The van der Waals surface area contributed by atoms with Crippen molar-refractivity contribution >= 4 is 34.3 Å². The van der Waals surface area contributed by atoms with Crippen molar-refractivity contribution in [3.05, 3.63) is 47.5 Å². The van der Waals surface area contributed by atoms with Gasteiger partial charge in [-0.2, -0.15) is 0 Å². The standard InChI is InChI=1S/C19H16ClF2N5O2/c20-10-1-2-14(16(22)5-10)17-15-7-23-4-3-13(15)18(26-25-17)24-12-6-11(21)8-27(9-12)19(28)29/h1-5,7,11-12H,6,8-9H2,(H,24,26)(H,28,29)/t11-,12-/m1/s1. The number of likely N-dealkylation sites (tertiary alicyclic amines) is 1. The molecular weight excluding hydrogens is 404 g/mol. The van der Waals surface area contributed by atoms with E-state index in [0.29, 0.717) is 22.3 Å². The molecule has 1 fully saturated rings. The van der Waals surface area contributed by atoms with E-state index in [0.717, 1.165) is 4.90 Å². The van der Waals surface area contributed by atoms with E-state index in [1.807, 2.05) is 0 Å². The lowest BCUT2D eigenvalue weighted by Crippen LogP contribution is -2.49. The van der Waals surface area contributed by atoms with Gasteiger partial charge in [0.05, 0.1) is 6.54 Å². The number of benzene rings is 1. The van der Waals surface area contributed by atoms with E-state index in [1.54, 1.807) is 24.5 Å². The first-order valence-corrected chi connectivity index (χ1v) is 9.24. The van der Waals surface area contributed by atoms with E-state index >= 15 is 0 Å². The van der Waals surface area contributed by atoms with Gasteiger partial charge >= 0.3 is 6.09 Å². The van der Waals surface area contributed by atoms with Crippen LogP contribution in [0.15, 0.2) is 36.7 Å². The number of hydrogen-bond donors (Lipinski definition) is 2. The third-order valence-electron chi connectivity index (χ3n) is 4.78. The Hall–Kier alpha value is -3.07. The minimum absolute atomic E-state index is 0.123. The average Bonchev–Trinajstić information content (AvgIpc) is 2.68. The van der Waals surface area contributed by atoms with Gasteiger partial charge in [0.2, 0.25) is 0 Å². The number of nitrogens with one attached hydrogen (secondary N) is 1. The van der Waals surface area contributed by atoms with E-state index in [1.165, 1.54) is 12.1 Å². The van der Waals surface area contributed by atoms with Crippen LogP contribution >= 0.6 is 11.6 Å². The van der Waals surface area contributed by atoms with Crippen molar-refractivity contribution in [3.63, 3.8) is 0 Å². The molecule has 0 unspecified atom stereocenters. The number of piperidine rings is 1. The Labute approximate surface area is 169 Å². The molecule has 1 saturated heterocycles. The van der Waals surface area contributed by atoms with Crippen LogP contribution in [0.1, 0.15) is 6.42 Å². The summed E-state index contributed by atoms with van der Waals surface area (Å²) in [5, 5.41) is 22.0. The molecule has 1 amide bonds. The maximum atomic E-state index is 14.4. The van der Waals surface area contributed by atoms with Crippen LogP contribution in [0.5, 0.6) is 0 Å². The highest BCUT2D eigenvalue weighted by atomic mass is 35.5. The second-order valence-corrected chi connectivity index (χ2v) is 7.24. The van der Waals surface area contributed by atoms with Crippen molar-refractivity contribution in [1.29, 1.82) is 0 Å². The normalized spacial score (nSPS) is 19.3. The van der Waals surface area contributed by atoms with Gasteiger partial charge in [-0.25, -0.2) is 13.6 Å². The van der Waals surface area contributed by atoms with Crippen molar-refractivity contribution in [3.8, 4) is 11.3 Å². The van der Waals surface area contributed by atoms with Gasteiger partial charge in [0.15, 0.2) is 5.82 Å². The van der Waals surface area contributed by atoms with Crippen LogP contribution in [0, 0.1) is 5.82 Å². The number of hydrogen-bond acceptors (Lipinski definition) is 5. The number of pyridine rings is 1. The lowest BCUT2D eigenvalue weighted by Gasteiger charge is -2.33. The summed E-state index contributed by atoms with van der Waals surface area (Å²) in [6.07, 6.45) is 0.792. The van der Waals surface area contributed by atoms with Crippen LogP contribution in [0.25, 0.3) is 22.0 Å². The highest BCUT2D eigenvalue weighted by Gasteiger charge is 2.30. The smallest absolute Gasteiger partial charge is 0.407 e. The summed E-state index contributed by atoms with van der Waals surface area (Å²) in [4.78, 5) is 16.3. The third kappa shape index (κ3) is 3.91. The number of carbonyl (C=O) groups is 1. The van der Waals surface area contributed by atoms with Crippen molar-refractivity contribution in [2.24, 2.45) is 0 Å². The van der Waals surface area contributed by atoms with Crippen LogP contribution in [0.4, 0.5) is 19.4 Å². The molecule has 10 heteroatoms. The SMILES string of the molecule is O=C(O)N1C[C@H](F)C[C@@H](Nc2nnc(-c3ccc(Cl)cc3F)c3cnccc23)C1. The van der Waals surface area contributed by atoms with E-state index in [4.69, 9.17) is 16.7 Å². The van der Waals surface area contributed by atoms with Gasteiger partial charge in [0.25, 0.3) is 0 Å². The summed E-state index contributed by atoms with van der Waals surface area (Å²) in [6, 6.07) is 5.48. The van der Waals surface area contributed by atoms with Crippen LogP contribution in [-0.4, -0.2) is 56.6 Å². The number of anilines is 1. The number of alkyl halides is 1. The maximum Gasteiger partial charge on any atom is 0.407 e. The Morgan fingerprint density at radius 3 is 2.83 bits per heavy atom. The Bertz CT molecular complexity index is 1080. The Morgan fingerprint density at radius 2 is 2.07 bits per heavy atom. The molecule has 2 N–H and O–H groups in total. The predicted octanol–water partition coefficient (Wildman–Crippen LogP) is 3.99. The molecule has 0 radical (unpaired) electrons. The molecule has 0 spiro atoms. The molecule has 2 aromatic heterocycles. The van der Waals surface area contributed by atoms with Crippen LogP contribution in [-0.2, 0) is 0 Å². The molecular formula is C19H16ClF2N5O2. The van der Waals surface area contributed by atoms with Crippen LogP contribution < -0.4 is 5.32 Å². The van der Waals surface area contributed by atoms with Gasteiger partial charge < -0.3 is 15.3 Å². The minimum Gasteiger partial charge on any atom is -0.465 e. The molecule has 0 bridgehead atoms. The zero-order chi connectivity index (χ0) is 20.5. The number of carboxylic acid groups (broad SMARTS) is 1. The second-order valence-electron chi connectivity index (χ2n) is 6.80.